The summed E-state index contributed by atoms with van der Waals surface area (Å²) in [7, 11) is -3.48. The second kappa shape index (κ2) is 6.02. The van der Waals surface area contributed by atoms with Crippen LogP contribution in [0.25, 0.3) is 0 Å². The Morgan fingerprint density at radius 1 is 1.32 bits per heavy atom. The number of halogens is 2. The first kappa shape index (κ1) is 16.1. The molecule has 0 saturated carbocycles. The minimum absolute atomic E-state index is 0.0179. The fourth-order valence-electron chi connectivity index (χ4n) is 1.28. The third-order valence-corrected chi connectivity index (χ3v) is 3.81. The highest BCUT2D eigenvalue weighted by atomic mass is 79.9. The number of hydrogen-bond donors (Lipinski definition) is 2. The van der Waals surface area contributed by atoms with Crippen molar-refractivity contribution in [2.75, 3.05) is 17.3 Å². The van der Waals surface area contributed by atoms with E-state index in [1.54, 1.807) is 6.07 Å². The molecule has 2 N–H and O–H groups in total. The molecule has 0 aliphatic rings. The molecular formula is C10H9Br2NO5S. The number of carbonyl (C=O) groups is 2. The molecule has 9 heteroatoms. The van der Waals surface area contributed by atoms with Crippen molar-refractivity contribution in [1.29, 1.82) is 0 Å². The zero-order chi connectivity index (χ0) is 14.8. The van der Waals surface area contributed by atoms with E-state index < -0.39 is 27.5 Å². The van der Waals surface area contributed by atoms with E-state index in [2.05, 4.69) is 37.2 Å². The Balaban J connectivity index is 3.14. The van der Waals surface area contributed by atoms with Gasteiger partial charge in [0.1, 0.15) is 5.75 Å². The number of hydrogen-bond acceptors (Lipinski definition) is 4. The number of benzene rings is 1. The quantitative estimate of drug-likeness (QED) is 0.783. The first-order valence-electron chi connectivity index (χ1n) is 4.80. The van der Waals surface area contributed by atoms with Crippen LogP contribution in [0.1, 0.15) is 10.4 Å². The van der Waals surface area contributed by atoms with Gasteiger partial charge in [0.2, 0.25) is 5.91 Å². The highest BCUT2D eigenvalue weighted by molar-refractivity contribution is 9.11. The molecular weight excluding hydrogens is 406 g/mol. The average Bonchev–Trinajstić information content (AvgIpc) is 2.18. The van der Waals surface area contributed by atoms with E-state index in [1.807, 2.05) is 0 Å². The number of carboxylic acids is 1. The third kappa shape index (κ3) is 4.92. The highest BCUT2D eigenvalue weighted by Crippen LogP contribution is 2.30. The minimum Gasteiger partial charge on any atom is -0.478 e. The average molecular weight is 415 g/mol. The largest absolute Gasteiger partial charge is 0.478 e. The second-order valence-electron chi connectivity index (χ2n) is 3.73. The molecule has 0 saturated heterocycles. The van der Waals surface area contributed by atoms with Crippen LogP contribution in [0.5, 0.6) is 0 Å². The van der Waals surface area contributed by atoms with Gasteiger partial charge in [-0.05, 0) is 28.1 Å². The van der Waals surface area contributed by atoms with Crippen molar-refractivity contribution in [2.45, 2.75) is 0 Å². The molecule has 6 nitrogen and oxygen atoms in total. The third-order valence-electron chi connectivity index (χ3n) is 1.94. The van der Waals surface area contributed by atoms with Gasteiger partial charge < -0.3 is 10.4 Å². The summed E-state index contributed by atoms with van der Waals surface area (Å²) in [6.45, 7) is 0. The first-order valence-corrected chi connectivity index (χ1v) is 8.44. The van der Waals surface area contributed by atoms with Crippen LogP contribution in [-0.2, 0) is 14.6 Å². The van der Waals surface area contributed by atoms with Crippen molar-refractivity contribution in [3.63, 3.8) is 0 Å². The Hall–Kier alpha value is -0.930. The van der Waals surface area contributed by atoms with Crippen LogP contribution in [-0.4, -0.2) is 37.4 Å². The number of carbonyl (C=O) groups excluding carboxylic acids is 1. The molecule has 1 aromatic carbocycles. The van der Waals surface area contributed by atoms with Gasteiger partial charge >= 0.3 is 5.97 Å². The van der Waals surface area contributed by atoms with Crippen LogP contribution >= 0.6 is 31.9 Å². The van der Waals surface area contributed by atoms with Crippen LogP contribution in [0.15, 0.2) is 21.1 Å². The van der Waals surface area contributed by atoms with Crippen LogP contribution in [0.4, 0.5) is 5.69 Å². The molecule has 0 aliphatic heterocycles. The van der Waals surface area contributed by atoms with Gasteiger partial charge in [-0.1, -0.05) is 15.9 Å². The lowest BCUT2D eigenvalue weighted by molar-refractivity contribution is -0.113. The van der Waals surface area contributed by atoms with Gasteiger partial charge in [-0.15, -0.1) is 0 Å². The lowest BCUT2D eigenvalue weighted by Crippen LogP contribution is -2.23. The second-order valence-corrected chi connectivity index (χ2v) is 7.64. The lowest BCUT2D eigenvalue weighted by atomic mass is 10.2. The summed E-state index contributed by atoms with van der Waals surface area (Å²) in [5.41, 5.74) is -0.132. The van der Waals surface area contributed by atoms with Crippen LogP contribution < -0.4 is 5.32 Å². The van der Waals surface area contributed by atoms with Gasteiger partial charge in [0, 0.05) is 15.2 Å². The Morgan fingerprint density at radius 3 is 2.37 bits per heavy atom. The van der Waals surface area contributed by atoms with Gasteiger partial charge in [0.25, 0.3) is 0 Å². The van der Waals surface area contributed by atoms with Crippen LogP contribution in [0, 0.1) is 0 Å². The summed E-state index contributed by atoms with van der Waals surface area (Å²) in [6.07, 6.45) is 0.918. The summed E-state index contributed by atoms with van der Waals surface area (Å²) >= 11 is 6.25. The molecule has 1 rings (SSSR count). The summed E-state index contributed by atoms with van der Waals surface area (Å²) in [5, 5.41) is 11.3. The van der Waals surface area contributed by atoms with E-state index in [0.29, 0.717) is 8.95 Å². The van der Waals surface area contributed by atoms with Gasteiger partial charge in [0.05, 0.1) is 11.3 Å². The highest BCUT2D eigenvalue weighted by Gasteiger charge is 2.18. The monoisotopic (exact) mass is 413 g/mol. The van der Waals surface area contributed by atoms with E-state index in [1.165, 1.54) is 6.07 Å². The Bertz CT molecular complexity index is 642. The number of aromatic carboxylic acids is 1. The fraction of sp³-hybridized carbons (Fsp3) is 0.200. The maximum Gasteiger partial charge on any atom is 0.337 e. The maximum atomic E-state index is 11.5. The molecule has 0 fully saturated rings. The number of sulfone groups is 1. The zero-order valence-corrected chi connectivity index (χ0v) is 13.6. The molecule has 1 aromatic rings. The normalized spacial score (nSPS) is 11.1. The van der Waals surface area contributed by atoms with Gasteiger partial charge in [0.15, 0.2) is 9.84 Å². The summed E-state index contributed by atoms with van der Waals surface area (Å²) in [5.74, 6) is -2.75. The van der Waals surface area contributed by atoms with Crippen molar-refractivity contribution in [3.05, 3.63) is 26.6 Å². The molecule has 1 amide bonds. The van der Waals surface area contributed by atoms with E-state index in [9.17, 15) is 18.0 Å². The molecule has 0 aromatic heterocycles. The number of carboxylic acid groups (broad SMARTS) is 1. The smallest absolute Gasteiger partial charge is 0.337 e. The van der Waals surface area contributed by atoms with E-state index in [0.717, 1.165) is 6.26 Å². The SMILES string of the molecule is CS(=O)(=O)CC(=O)Nc1c(Br)cc(Br)cc1C(=O)O. The predicted molar refractivity (Wildman–Crippen MR) is 77.1 cm³/mol. The van der Waals surface area contributed by atoms with Crippen LogP contribution in [0.3, 0.4) is 0 Å². The number of nitrogens with one attached hydrogen (secondary N) is 1. The Morgan fingerprint density at radius 2 is 1.89 bits per heavy atom. The summed E-state index contributed by atoms with van der Waals surface area (Å²) in [6, 6.07) is 2.85. The standard InChI is InChI=1S/C10H9Br2NO5S/c1-19(17,18)4-8(14)13-9-6(10(15)16)2-5(11)3-7(9)12/h2-3H,4H2,1H3,(H,13,14)(H,15,16). The fourth-order valence-corrected chi connectivity index (χ4v) is 3.16. The molecule has 0 bridgehead atoms. The minimum atomic E-state index is -3.48. The molecule has 0 spiro atoms. The molecule has 104 valence electrons. The van der Waals surface area contributed by atoms with Crippen molar-refractivity contribution in [3.8, 4) is 0 Å². The predicted octanol–water partition coefficient (Wildman–Crippen LogP) is 1.89. The lowest BCUT2D eigenvalue weighted by Gasteiger charge is -2.11. The number of amides is 1. The Labute approximate surface area is 126 Å². The van der Waals surface area contributed by atoms with E-state index in [-0.39, 0.29) is 11.3 Å². The van der Waals surface area contributed by atoms with Crippen molar-refractivity contribution in [2.24, 2.45) is 0 Å². The zero-order valence-electron chi connectivity index (χ0n) is 9.61. The molecule has 0 atom stereocenters. The topological polar surface area (TPSA) is 101 Å². The molecule has 0 aliphatic carbocycles. The summed E-state index contributed by atoms with van der Waals surface area (Å²) < 4.78 is 22.8. The van der Waals surface area contributed by atoms with E-state index in [4.69, 9.17) is 5.11 Å². The van der Waals surface area contributed by atoms with Crippen molar-refractivity contribution < 1.29 is 23.1 Å². The Kier molecular flexibility index (Phi) is 5.11. The van der Waals surface area contributed by atoms with Crippen molar-refractivity contribution in [1.82, 2.24) is 0 Å². The molecule has 0 unspecified atom stereocenters. The number of anilines is 1. The van der Waals surface area contributed by atoms with Gasteiger partial charge in [-0.25, -0.2) is 13.2 Å². The van der Waals surface area contributed by atoms with Gasteiger partial charge in [-0.3, -0.25) is 4.79 Å². The maximum absolute atomic E-state index is 11.5. The number of rotatable bonds is 4. The molecule has 19 heavy (non-hydrogen) atoms. The molecule has 0 radical (unpaired) electrons. The first-order chi connectivity index (χ1) is 8.60. The van der Waals surface area contributed by atoms with Crippen LogP contribution in [0.2, 0.25) is 0 Å². The molecule has 0 heterocycles. The van der Waals surface area contributed by atoms with Crippen molar-refractivity contribution >= 4 is 59.3 Å². The summed E-state index contributed by atoms with van der Waals surface area (Å²) in [4.78, 5) is 22.6. The van der Waals surface area contributed by atoms with E-state index >= 15 is 0 Å². The van der Waals surface area contributed by atoms with Gasteiger partial charge in [-0.2, -0.15) is 0 Å².